The highest BCUT2D eigenvalue weighted by molar-refractivity contribution is 5.77. The maximum atomic E-state index is 11.5. The number of likely N-dealkylation sites (N-methyl/N-ethyl adjacent to an activating group) is 1. The largest absolute Gasteiger partial charge is 0.358 e. The molecule has 1 aromatic heterocycles. The van der Waals surface area contributed by atoms with E-state index in [1.807, 2.05) is 0 Å². The summed E-state index contributed by atoms with van der Waals surface area (Å²) in [5.74, 6) is 1.49. The van der Waals surface area contributed by atoms with E-state index in [0.717, 1.165) is 38.4 Å². The minimum Gasteiger partial charge on any atom is -0.358 e. The van der Waals surface area contributed by atoms with E-state index in [9.17, 15) is 4.79 Å². The number of carbonyl (C=O) groups is 1. The van der Waals surface area contributed by atoms with Crippen molar-refractivity contribution in [1.29, 1.82) is 0 Å². The van der Waals surface area contributed by atoms with Gasteiger partial charge in [0.15, 0.2) is 5.82 Å². The highest BCUT2D eigenvalue weighted by Gasteiger charge is 2.27. The lowest BCUT2D eigenvalue weighted by molar-refractivity contribution is -0.121. The topological polar surface area (TPSA) is 74.5 Å². The van der Waals surface area contributed by atoms with Gasteiger partial charge in [-0.05, 0) is 19.9 Å². The molecular weight excluding hydrogens is 294 g/mol. The predicted octanol–water partition coefficient (Wildman–Crippen LogP) is 1.18. The van der Waals surface area contributed by atoms with E-state index in [2.05, 4.69) is 53.0 Å². The average molecular weight is 323 g/mol. The van der Waals surface area contributed by atoms with Gasteiger partial charge < -0.3 is 9.84 Å². The maximum Gasteiger partial charge on any atom is 0.243 e. The Morgan fingerprint density at radius 1 is 1.30 bits per heavy atom. The molecule has 0 saturated carbocycles. The number of hydrogen-bond donors (Lipinski definition) is 1. The molecule has 1 aliphatic heterocycles. The van der Waals surface area contributed by atoms with Crippen molar-refractivity contribution in [1.82, 2.24) is 25.3 Å². The van der Waals surface area contributed by atoms with Crippen LogP contribution in [0.5, 0.6) is 0 Å². The van der Waals surface area contributed by atoms with Crippen LogP contribution in [0.2, 0.25) is 0 Å². The second-order valence-corrected chi connectivity index (χ2v) is 7.22. The molecule has 130 valence electrons. The highest BCUT2D eigenvalue weighted by atomic mass is 16.5. The van der Waals surface area contributed by atoms with Gasteiger partial charge in [0.2, 0.25) is 11.8 Å². The lowest BCUT2D eigenvalue weighted by Gasteiger charge is -2.25. The number of amides is 1. The summed E-state index contributed by atoms with van der Waals surface area (Å²) in [4.78, 5) is 20.6. The van der Waals surface area contributed by atoms with Crippen LogP contribution in [0.3, 0.4) is 0 Å². The molecule has 23 heavy (non-hydrogen) atoms. The fourth-order valence-electron chi connectivity index (χ4n) is 2.68. The zero-order chi connectivity index (χ0) is 17.0. The van der Waals surface area contributed by atoms with Crippen molar-refractivity contribution in [2.45, 2.75) is 45.6 Å². The van der Waals surface area contributed by atoms with Gasteiger partial charge in [0, 0.05) is 32.1 Å². The van der Waals surface area contributed by atoms with Crippen LogP contribution in [0.1, 0.15) is 51.9 Å². The Morgan fingerprint density at radius 3 is 2.65 bits per heavy atom. The van der Waals surface area contributed by atoms with Gasteiger partial charge >= 0.3 is 0 Å². The molecule has 2 rings (SSSR count). The van der Waals surface area contributed by atoms with Crippen molar-refractivity contribution < 1.29 is 9.32 Å². The van der Waals surface area contributed by atoms with Gasteiger partial charge in [0.1, 0.15) is 0 Å². The molecule has 7 heteroatoms. The zero-order valence-electron chi connectivity index (χ0n) is 14.9. The summed E-state index contributed by atoms with van der Waals surface area (Å²) >= 11 is 0. The molecule has 0 radical (unpaired) electrons. The van der Waals surface area contributed by atoms with Gasteiger partial charge in [-0.3, -0.25) is 14.6 Å². The Labute approximate surface area is 138 Å². The van der Waals surface area contributed by atoms with E-state index in [0.29, 0.717) is 12.4 Å². The van der Waals surface area contributed by atoms with E-state index < -0.39 is 0 Å². The van der Waals surface area contributed by atoms with Crippen LogP contribution in [0.4, 0.5) is 0 Å². The second kappa shape index (κ2) is 7.40. The summed E-state index contributed by atoms with van der Waals surface area (Å²) in [6.45, 7) is 12.5. The van der Waals surface area contributed by atoms with Crippen LogP contribution in [0.15, 0.2) is 4.52 Å². The SMILES string of the molecule is CNC(=O)CN1CCCN(C(C)c2nc(C(C)(C)C)no2)CC1. The van der Waals surface area contributed by atoms with Crippen molar-refractivity contribution in [3.8, 4) is 0 Å². The smallest absolute Gasteiger partial charge is 0.243 e. The van der Waals surface area contributed by atoms with Crippen molar-refractivity contribution in [2.24, 2.45) is 0 Å². The maximum absolute atomic E-state index is 11.5. The Hall–Kier alpha value is -1.47. The minimum absolute atomic E-state index is 0.0678. The van der Waals surface area contributed by atoms with Crippen molar-refractivity contribution in [3.05, 3.63) is 11.7 Å². The summed E-state index contributed by atoms with van der Waals surface area (Å²) < 4.78 is 5.48. The molecule has 0 aromatic carbocycles. The molecule has 1 amide bonds. The molecule has 0 bridgehead atoms. The van der Waals surface area contributed by atoms with Gasteiger partial charge in [-0.25, -0.2) is 0 Å². The third-order valence-electron chi connectivity index (χ3n) is 4.29. The van der Waals surface area contributed by atoms with Gasteiger partial charge in [0.25, 0.3) is 0 Å². The van der Waals surface area contributed by atoms with Crippen molar-refractivity contribution in [3.63, 3.8) is 0 Å². The molecule has 7 nitrogen and oxygen atoms in total. The number of carbonyl (C=O) groups excluding carboxylic acids is 1. The first-order chi connectivity index (χ1) is 10.8. The van der Waals surface area contributed by atoms with Crippen LogP contribution in [-0.2, 0) is 10.2 Å². The summed E-state index contributed by atoms with van der Waals surface area (Å²) in [5, 5.41) is 6.80. The first-order valence-corrected chi connectivity index (χ1v) is 8.32. The van der Waals surface area contributed by atoms with Crippen LogP contribution in [-0.4, -0.2) is 65.6 Å². The number of nitrogens with zero attached hydrogens (tertiary/aromatic N) is 4. The predicted molar refractivity (Wildman–Crippen MR) is 88.1 cm³/mol. The van der Waals surface area contributed by atoms with Gasteiger partial charge in [-0.15, -0.1) is 0 Å². The molecule has 1 fully saturated rings. The van der Waals surface area contributed by atoms with E-state index in [4.69, 9.17) is 4.52 Å². The molecule has 1 atom stereocenters. The quantitative estimate of drug-likeness (QED) is 0.897. The first kappa shape index (κ1) is 17.9. The van der Waals surface area contributed by atoms with Crippen molar-refractivity contribution >= 4 is 5.91 Å². The first-order valence-electron chi connectivity index (χ1n) is 8.32. The Bertz CT molecular complexity index is 523. The summed E-state index contributed by atoms with van der Waals surface area (Å²) in [7, 11) is 1.68. The summed E-state index contributed by atoms with van der Waals surface area (Å²) in [6.07, 6.45) is 1.03. The van der Waals surface area contributed by atoms with E-state index in [-0.39, 0.29) is 17.4 Å². The van der Waals surface area contributed by atoms with Gasteiger partial charge in [-0.1, -0.05) is 25.9 Å². The van der Waals surface area contributed by atoms with Crippen LogP contribution >= 0.6 is 0 Å². The molecule has 0 aliphatic carbocycles. The second-order valence-electron chi connectivity index (χ2n) is 7.22. The van der Waals surface area contributed by atoms with Gasteiger partial charge in [0.05, 0.1) is 12.6 Å². The average Bonchev–Trinajstić information content (AvgIpc) is 2.89. The van der Waals surface area contributed by atoms with E-state index in [1.54, 1.807) is 7.05 Å². The molecule has 1 N–H and O–H groups in total. The Kier molecular flexibility index (Phi) is 5.75. The summed E-state index contributed by atoms with van der Waals surface area (Å²) in [6, 6.07) is 0.0959. The molecule has 1 aliphatic rings. The highest BCUT2D eigenvalue weighted by Crippen LogP contribution is 2.24. The van der Waals surface area contributed by atoms with Crippen LogP contribution in [0, 0.1) is 0 Å². The Balaban J connectivity index is 1.96. The number of nitrogens with one attached hydrogen (secondary N) is 1. The normalized spacial score (nSPS) is 19.3. The summed E-state index contributed by atoms with van der Waals surface area (Å²) in [5.41, 5.74) is -0.107. The lowest BCUT2D eigenvalue weighted by Crippen LogP contribution is -2.38. The fourth-order valence-corrected chi connectivity index (χ4v) is 2.68. The van der Waals surface area contributed by atoms with Crippen LogP contribution in [0.25, 0.3) is 0 Å². The van der Waals surface area contributed by atoms with E-state index >= 15 is 0 Å². The van der Waals surface area contributed by atoms with Crippen molar-refractivity contribution in [2.75, 3.05) is 39.8 Å². The third kappa shape index (κ3) is 4.75. The number of hydrogen-bond acceptors (Lipinski definition) is 6. The standard InChI is InChI=1S/C16H29N5O2/c1-12(14-18-15(19-23-14)16(2,3)4)21-8-6-7-20(9-10-21)11-13(22)17-5/h12H,6-11H2,1-5H3,(H,17,22). The molecule has 1 saturated heterocycles. The zero-order valence-corrected chi connectivity index (χ0v) is 14.9. The molecule has 2 heterocycles. The monoisotopic (exact) mass is 323 g/mol. The molecular formula is C16H29N5O2. The van der Waals surface area contributed by atoms with Crippen LogP contribution < -0.4 is 5.32 Å². The Morgan fingerprint density at radius 2 is 2.04 bits per heavy atom. The molecule has 1 aromatic rings. The number of rotatable bonds is 4. The molecule has 1 unspecified atom stereocenters. The minimum atomic E-state index is -0.107. The lowest BCUT2D eigenvalue weighted by atomic mass is 9.96. The fraction of sp³-hybridized carbons (Fsp3) is 0.812. The van der Waals surface area contributed by atoms with E-state index in [1.165, 1.54) is 0 Å². The third-order valence-corrected chi connectivity index (χ3v) is 4.29. The van der Waals surface area contributed by atoms with Gasteiger partial charge in [-0.2, -0.15) is 4.98 Å². The molecule has 0 spiro atoms. The number of aromatic nitrogens is 2.